The number of alkyl halides is 1. The number of thiophene rings is 2. The number of nitrogens with one attached hydrogen (secondary N) is 1. The van der Waals surface area contributed by atoms with Gasteiger partial charge in [0.15, 0.2) is 0 Å². The molecule has 4 saturated carbocycles. The van der Waals surface area contributed by atoms with Crippen LogP contribution in [0.3, 0.4) is 0 Å². The molecule has 0 aromatic carbocycles. The van der Waals surface area contributed by atoms with Gasteiger partial charge in [-0.1, -0.05) is 78.9 Å². The number of aromatic nitrogens is 3. The largest absolute Gasteiger partial charge is 1.00 e. The summed E-state index contributed by atoms with van der Waals surface area (Å²) >= 11 is 18.9. The number of amides is 5. The van der Waals surface area contributed by atoms with Crippen LogP contribution in [0, 0.1) is 58.2 Å². The summed E-state index contributed by atoms with van der Waals surface area (Å²) in [6, 6.07) is 14.4. The molecule has 106 heavy (non-hydrogen) atoms. The SMILES string of the molecule is CC1CCC(C(=O)N(c2cc(C#CC(C)(C)C)sc2C(=O)O)C2CCC(O)CC2)CC1.CC1CCC(C(=O)N(c2cc(C#CC(C)(C)C)sc2C(=O)[O-])C2CCC(Oc3ccc(CN4CCCC4=O)cn3)CC2)CC1.ClCc1ccc(Cl)nc1.O=C1CCCN1.O=C1CCCN1Cc1ccc(Cl)nc1.[H-].[Na+].[Na+]. The van der Waals surface area contributed by atoms with Crippen LogP contribution in [0.5, 0.6) is 5.88 Å². The minimum atomic E-state index is -1.27. The number of aromatic carboxylic acids is 2. The Morgan fingerprint density at radius 3 is 1.41 bits per heavy atom. The predicted octanol–water partition coefficient (Wildman–Crippen LogP) is 9.23. The van der Waals surface area contributed by atoms with Gasteiger partial charge in [-0.2, -0.15) is 0 Å². The number of rotatable bonds is 15. The molecule has 5 aromatic rings. The number of carboxylic acids is 2. The fraction of sp³-hybridized carbons (Fsp3) is 0.575. The Hall–Kier alpha value is -5.11. The number of pyridine rings is 3. The minimum Gasteiger partial charge on any atom is -1.00 e. The maximum atomic E-state index is 14.2. The van der Waals surface area contributed by atoms with Crippen LogP contribution in [0.15, 0.2) is 67.1 Å². The fourth-order valence-electron chi connectivity index (χ4n) is 13.7. The molecule has 5 aromatic heterocycles. The summed E-state index contributed by atoms with van der Waals surface area (Å²) < 4.78 is 6.24. The molecule has 3 aliphatic heterocycles. The van der Waals surface area contributed by atoms with E-state index in [0.29, 0.717) is 119 Å². The number of nitrogens with zero attached hydrogens (tertiary/aromatic N) is 7. The second kappa shape index (κ2) is 43.5. The van der Waals surface area contributed by atoms with Gasteiger partial charge in [0.2, 0.25) is 35.4 Å². The molecular formula is C80H103Cl3N8Na2O11S2. The van der Waals surface area contributed by atoms with Crippen molar-refractivity contribution in [2.24, 2.45) is 34.5 Å². The Morgan fingerprint density at radius 1 is 0.613 bits per heavy atom. The van der Waals surface area contributed by atoms with Crippen molar-refractivity contribution >= 4 is 110 Å². The number of halogens is 3. The second-order valence-electron chi connectivity index (χ2n) is 30.5. The fourth-order valence-corrected chi connectivity index (χ4v) is 15.7. The van der Waals surface area contributed by atoms with E-state index in [-0.39, 0.29) is 147 Å². The van der Waals surface area contributed by atoms with Crippen LogP contribution in [0.4, 0.5) is 11.4 Å². The molecule has 7 fully saturated rings. The molecule has 0 radical (unpaired) electrons. The van der Waals surface area contributed by atoms with Crippen LogP contribution in [0.25, 0.3) is 0 Å². The number of anilines is 2. The average Bonchev–Trinajstić information content (AvgIpc) is 1.75. The Bertz CT molecular complexity index is 3830. The number of hydrogen-bond donors (Lipinski definition) is 3. The molecule has 7 aliphatic rings. The molecule has 0 atom stereocenters. The summed E-state index contributed by atoms with van der Waals surface area (Å²) in [7, 11) is 0. The zero-order valence-electron chi connectivity index (χ0n) is 64.4. The maximum Gasteiger partial charge on any atom is 1.00 e. The topological polar surface area (TPSA) is 256 Å². The van der Waals surface area contributed by atoms with Gasteiger partial charge in [0.05, 0.1) is 38.1 Å². The van der Waals surface area contributed by atoms with Crippen molar-refractivity contribution in [3.05, 3.63) is 114 Å². The number of aliphatic hydroxyl groups excluding tert-OH is 1. The maximum absolute atomic E-state index is 14.2. The number of likely N-dealkylation sites (tertiary alicyclic amines) is 2. The van der Waals surface area contributed by atoms with Crippen molar-refractivity contribution in [2.45, 2.75) is 240 Å². The van der Waals surface area contributed by atoms with Gasteiger partial charge in [0.25, 0.3) is 0 Å². The summed E-state index contributed by atoms with van der Waals surface area (Å²) in [6.07, 6.45) is 22.6. The van der Waals surface area contributed by atoms with E-state index in [1.54, 1.807) is 52.7 Å². The van der Waals surface area contributed by atoms with Gasteiger partial charge in [0, 0.05) is 117 Å². The molecule has 0 spiro atoms. The molecule has 19 nitrogen and oxygen atoms in total. The molecule has 3 N–H and O–H groups in total. The molecule has 3 saturated heterocycles. The number of carbonyl (C=O) groups excluding carboxylic acids is 6. The Labute approximate surface area is 695 Å². The van der Waals surface area contributed by atoms with Crippen LogP contribution >= 0.6 is 57.5 Å². The standard InChI is InChI=1S/C35H45N3O5S.C25H35NO4S.C10H11ClN2O.C6H5Cl2N.C4H7NO.2Na.H/c1-23-7-10-25(11-8-23)33(40)38(29-20-28(17-18-35(2,3)4)44-32(29)34(41)42)26-12-14-27(15-13-26)43-30-16-9-24(21-36-30)22-37-19-5-6-31(37)39;1-16-5-7-17(8-6-16)23(28)26(18-9-11-19(27)12-10-18)21-15-20(13-14-25(2,3)4)31-22(21)24(29)30;11-9-4-3-8(6-12-9)7-13-5-1-2-10(13)14;7-3-5-1-2-6(8)9-4-5;6-4-2-1-3-5-4;;;/h9,16,20-21,23,25-27H,5-8,10-15,19,22H2,1-4H3,(H,41,42);15-19,27H,5-12H2,1-4H3,(H,29,30);3-4,6H,1-2,5,7H2;1-2,4H,3H2;1-3H2,(H,5,6);;;/q;;;;;2*+1;-1/p-1. The van der Waals surface area contributed by atoms with Gasteiger partial charge in [-0.25, -0.2) is 19.7 Å². The number of carbonyl (C=O) groups is 7. The van der Waals surface area contributed by atoms with E-state index >= 15 is 0 Å². The first-order valence-electron chi connectivity index (χ1n) is 36.8. The molecule has 0 bridgehead atoms. The van der Waals surface area contributed by atoms with Crippen molar-refractivity contribution in [1.82, 2.24) is 30.1 Å². The number of carboxylic acid groups (broad SMARTS) is 2. The van der Waals surface area contributed by atoms with Gasteiger partial charge in [0.1, 0.15) is 21.3 Å². The number of ether oxygens (including phenoxy) is 1. The summed E-state index contributed by atoms with van der Waals surface area (Å²) in [5.74, 6) is 13.1. The molecule has 4 aliphatic carbocycles. The Morgan fingerprint density at radius 2 is 1.05 bits per heavy atom. The third-order valence-electron chi connectivity index (χ3n) is 19.5. The molecule has 26 heteroatoms. The first-order chi connectivity index (χ1) is 49.5. The van der Waals surface area contributed by atoms with Crippen LogP contribution in [0.1, 0.15) is 244 Å². The molecular weight excluding hydrogens is 1470 g/mol. The van der Waals surface area contributed by atoms with Gasteiger partial charge in [-0.3, -0.25) is 24.0 Å². The zero-order chi connectivity index (χ0) is 75.3. The van der Waals surface area contributed by atoms with Crippen molar-refractivity contribution < 1.29 is 114 Å². The van der Waals surface area contributed by atoms with Gasteiger partial charge in [-0.15, -0.1) is 34.3 Å². The monoisotopic (exact) mass is 1570 g/mol. The first kappa shape index (κ1) is 89.8. The van der Waals surface area contributed by atoms with E-state index in [1.807, 2.05) is 75.6 Å². The molecule has 564 valence electrons. The zero-order valence-corrected chi connectivity index (χ0v) is 71.3. The second-order valence-corrected chi connectivity index (χ2v) is 33.6. The van der Waals surface area contributed by atoms with Crippen molar-refractivity contribution in [3.8, 4) is 29.6 Å². The Balaban J connectivity index is 0.000000279. The predicted molar refractivity (Wildman–Crippen MR) is 410 cm³/mol. The summed E-state index contributed by atoms with van der Waals surface area (Å²) in [5, 5.41) is 35.9. The summed E-state index contributed by atoms with van der Waals surface area (Å²) in [5.41, 5.74) is 3.48. The van der Waals surface area contributed by atoms with Crippen molar-refractivity contribution in [2.75, 3.05) is 29.4 Å². The normalized spacial score (nSPS) is 21.9. The summed E-state index contributed by atoms with van der Waals surface area (Å²) in [4.78, 5) is 107. The van der Waals surface area contributed by atoms with Crippen LogP contribution in [-0.4, -0.2) is 120 Å². The molecule has 0 unspecified atom stereocenters. The third-order valence-corrected chi connectivity index (χ3v) is 22.3. The molecule has 12 rings (SSSR count). The van der Waals surface area contributed by atoms with Crippen molar-refractivity contribution in [1.29, 1.82) is 0 Å². The molecule has 5 amide bonds. The van der Waals surface area contributed by atoms with E-state index in [1.165, 1.54) is 0 Å². The number of hydrogen-bond acceptors (Lipinski definition) is 15. The molecule has 8 heterocycles. The van der Waals surface area contributed by atoms with E-state index in [0.717, 1.165) is 149 Å². The first-order valence-corrected chi connectivity index (χ1v) is 39.7. The quantitative estimate of drug-likeness (QED) is 0.0382. The Kier molecular flexibility index (Phi) is 36.8. The minimum absolute atomic E-state index is 0. The van der Waals surface area contributed by atoms with Gasteiger partial charge >= 0.3 is 65.1 Å². The van der Waals surface area contributed by atoms with Crippen LogP contribution in [-0.2, 0) is 42.9 Å². The van der Waals surface area contributed by atoms with Gasteiger partial charge in [-0.05, 0) is 216 Å². The van der Waals surface area contributed by atoms with E-state index in [2.05, 4.69) is 57.8 Å². The van der Waals surface area contributed by atoms with E-state index in [4.69, 9.17) is 39.5 Å². The number of aliphatic hydroxyl groups is 1. The van der Waals surface area contributed by atoms with Gasteiger partial charge < -0.3 is 51.2 Å². The average molecular weight is 1570 g/mol. The summed E-state index contributed by atoms with van der Waals surface area (Å²) in [6.45, 7) is 20.3. The van der Waals surface area contributed by atoms with Crippen LogP contribution < -0.4 is 84.1 Å². The van der Waals surface area contributed by atoms with Crippen molar-refractivity contribution in [3.63, 3.8) is 0 Å². The van der Waals surface area contributed by atoms with E-state index in [9.17, 15) is 48.9 Å². The third kappa shape index (κ3) is 28.6. The van der Waals surface area contributed by atoms with Crippen LogP contribution in [0.2, 0.25) is 10.3 Å². The van der Waals surface area contributed by atoms with E-state index < -0.39 is 11.9 Å². The smallest absolute Gasteiger partial charge is 1.00 e.